The van der Waals surface area contributed by atoms with Crippen molar-refractivity contribution in [3.63, 3.8) is 0 Å². The van der Waals surface area contributed by atoms with Gasteiger partial charge in [0.1, 0.15) is 0 Å². The summed E-state index contributed by atoms with van der Waals surface area (Å²) in [5.74, 6) is 0.224. The Bertz CT molecular complexity index is 180. The van der Waals surface area contributed by atoms with Crippen molar-refractivity contribution in [2.24, 2.45) is 0 Å². The molecule has 0 radical (unpaired) electrons. The number of amides is 1. The van der Waals surface area contributed by atoms with Gasteiger partial charge in [-0.3, -0.25) is 4.79 Å². The van der Waals surface area contributed by atoms with Gasteiger partial charge in [-0.25, -0.2) is 0 Å². The molecular weight excluding hydrogens is 204 g/mol. The molecule has 1 N–H and O–H groups in total. The average molecular weight is 230 g/mol. The second kappa shape index (κ2) is 9.60. The minimum Gasteiger partial charge on any atom is -0.377 e. The van der Waals surface area contributed by atoms with E-state index in [4.69, 9.17) is 4.74 Å². The van der Waals surface area contributed by atoms with Crippen LogP contribution in [0.2, 0.25) is 0 Å². The summed E-state index contributed by atoms with van der Waals surface area (Å²) in [6, 6.07) is 0. The number of hydrogen-bond donors (Lipinski definition) is 1. The molecule has 0 aliphatic rings. The largest absolute Gasteiger partial charge is 0.377 e. The van der Waals surface area contributed by atoms with Gasteiger partial charge in [0.05, 0.1) is 12.7 Å². The first-order chi connectivity index (χ1) is 7.61. The van der Waals surface area contributed by atoms with Gasteiger partial charge in [0.15, 0.2) is 0 Å². The average Bonchev–Trinajstić information content (AvgIpc) is 2.24. The number of nitrogens with one attached hydrogen (secondary N) is 1. The molecule has 1 amide bonds. The van der Waals surface area contributed by atoms with Crippen molar-refractivity contribution in [2.75, 3.05) is 32.8 Å². The van der Waals surface area contributed by atoms with E-state index in [0.717, 1.165) is 26.2 Å². The van der Waals surface area contributed by atoms with Crippen LogP contribution in [0.5, 0.6) is 0 Å². The molecule has 0 rings (SSSR count). The van der Waals surface area contributed by atoms with E-state index in [9.17, 15) is 4.79 Å². The van der Waals surface area contributed by atoms with Gasteiger partial charge in [-0.05, 0) is 27.7 Å². The molecule has 0 aromatic heterocycles. The van der Waals surface area contributed by atoms with Crippen LogP contribution >= 0.6 is 0 Å². The van der Waals surface area contributed by atoms with Crippen LogP contribution < -0.4 is 5.32 Å². The Morgan fingerprint density at radius 2 is 1.88 bits per heavy atom. The van der Waals surface area contributed by atoms with Crippen LogP contribution in [0.4, 0.5) is 0 Å². The molecule has 4 nitrogen and oxygen atoms in total. The fourth-order valence-corrected chi connectivity index (χ4v) is 1.42. The highest BCUT2D eigenvalue weighted by atomic mass is 16.5. The minimum atomic E-state index is 0.224. The Hall–Kier alpha value is -0.610. The maximum absolute atomic E-state index is 11.6. The van der Waals surface area contributed by atoms with E-state index >= 15 is 0 Å². The minimum absolute atomic E-state index is 0.224. The predicted molar refractivity (Wildman–Crippen MR) is 66.5 cm³/mol. The van der Waals surface area contributed by atoms with Crippen molar-refractivity contribution in [1.82, 2.24) is 10.2 Å². The van der Waals surface area contributed by atoms with Crippen molar-refractivity contribution in [2.45, 2.75) is 40.2 Å². The molecule has 0 heterocycles. The van der Waals surface area contributed by atoms with Crippen LogP contribution in [0.25, 0.3) is 0 Å². The highest BCUT2D eigenvalue weighted by Gasteiger charge is 2.07. The second-order valence-electron chi connectivity index (χ2n) is 3.99. The second-order valence-corrected chi connectivity index (χ2v) is 3.99. The molecule has 16 heavy (non-hydrogen) atoms. The summed E-state index contributed by atoms with van der Waals surface area (Å²) in [6.45, 7) is 11.9. The van der Waals surface area contributed by atoms with E-state index in [1.807, 2.05) is 32.6 Å². The van der Waals surface area contributed by atoms with Crippen molar-refractivity contribution in [3.05, 3.63) is 0 Å². The van der Waals surface area contributed by atoms with Gasteiger partial charge in [0, 0.05) is 32.6 Å². The Balaban J connectivity index is 3.40. The molecule has 0 aliphatic carbocycles. The van der Waals surface area contributed by atoms with E-state index in [-0.39, 0.29) is 12.0 Å². The van der Waals surface area contributed by atoms with Crippen LogP contribution in [0.3, 0.4) is 0 Å². The quantitative estimate of drug-likeness (QED) is 0.606. The molecule has 0 saturated heterocycles. The number of carbonyl (C=O) groups is 1. The summed E-state index contributed by atoms with van der Waals surface area (Å²) < 4.78 is 5.38. The third kappa shape index (κ3) is 7.65. The van der Waals surface area contributed by atoms with Crippen molar-refractivity contribution in [1.29, 1.82) is 0 Å². The zero-order valence-corrected chi connectivity index (χ0v) is 11.1. The Labute approximate surface area is 99.3 Å². The molecule has 0 unspecified atom stereocenters. The van der Waals surface area contributed by atoms with E-state index in [0.29, 0.717) is 13.0 Å². The molecule has 0 aliphatic heterocycles. The molecule has 0 saturated carbocycles. The Morgan fingerprint density at radius 3 is 2.38 bits per heavy atom. The smallest absolute Gasteiger partial charge is 0.223 e. The summed E-state index contributed by atoms with van der Waals surface area (Å²) in [7, 11) is 0. The summed E-state index contributed by atoms with van der Waals surface area (Å²) in [5, 5.41) is 3.20. The summed E-state index contributed by atoms with van der Waals surface area (Å²) >= 11 is 0. The lowest BCUT2D eigenvalue weighted by Gasteiger charge is -2.18. The fourth-order valence-electron chi connectivity index (χ4n) is 1.42. The first-order valence-electron chi connectivity index (χ1n) is 6.21. The molecule has 4 heteroatoms. The van der Waals surface area contributed by atoms with Gasteiger partial charge in [0.25, 0.3) is 0 Å². The highest BCUT2D eigenvalue weighted by Crippen LogP contribution is 1.92. The number of nitrogens with zero attached hydrogens (tertiary/aromatic N) is 1. The molecule has 0 aromatic carbocycles. The lowest BCUT2D eigenvalue weighted by Crippen LogP contribution is -2.33. The van der Waals surface area contributed by atoms with E-state index in [1.165, 1.54) is 0 Å². The maximum Gasteiger partial charge on any atom is 0.223 e. The number of ether oxygens (including phenoxy) is 1. The molecule has 0 bridgehead atoms. The molecule has 0 aromatic rings. The van der Waals surface area contributed by atoms with Crippen LogP contribution in [0.15, 0.2) is 0 Å². The number of carbonyl (C=O) groups excluding carboxylic acids is 1. The van der Waals surface area contributed by atoms with Gasteiger partial charge >= 0.3 is 0 Å². The lowest BCUT2D eigenvalue weighted by molar-refractivity contribution is -0.130. The maximum atomic E-state index is 11.6. The SMILES string of the molecule is CCN(CC)C(=O)CCNCCOC(C)C. The Morgan fingerprint density at radius 1 is 1.25 bits per heavy atom. The predicted octanol–water partition coefficient (Wildman–Crippen LogP) is 1.26. The third-order valence-electron chi connectivity index (χ3n) is 2.36. The van der Waals surface area contributed by atoms with Gasteiger partial charge in [0.2, 0.25) is 5.91 Å². The number of hydrogen-bond acceptors (Lipinski definition) is 3. The first kappa shape index (κ1) is 15.4. The first-order valence-corrected chi connectivity index (χ1v) is 6.21. The van der Waals surface area contributed by atoms with Crippen molar-refractivity contribution < 1.29 is 9.53 Å². The summed E-state index contributed by atoms with van der Waals surface area (Å²) in [6.07, 6.45) is 0.850. The molecule has 0 atom stereocenters. The standard InChI is InChI=1S/C12H26N2O2/c1-5-14(6-2)12(15)7-8-13-9-10-16-11(3)4/h11,13H,5-10H2,1-4H3. The zero-order valence-electron chi connectivity index (χ0n) is 11.1. The van der Waals surface area contributed by atoms with E-state index in [2.05, 4.69) is 5.32 Å². The topological polar surface area (TPSA) is 41.6 Å². The van der Waals surface area contributed by atoms with Crippen LogP contribution in [-0.4, -0.2) is 49.7 Å². The molecule has 0 spiro atoms. The molecule has 96 valence electrons. The highest BCUT2D eigenvalue weighted by molar-refractivity contribution is 5.76. The van der Waals surface area contributed by atoms with E-state index < -0.39 is 0 Å². The Kier molecular flexibility index (Phi) is 9.24. The van der Waals surface area contributed by atoms with Crippen LogP contribution in [-0.2, 0) is 9.53 Å². The van der Waals surface area contributed by atoms with E-state index in [1.54, 1.807) is 0 Å². The lowest BCUT2D eigenvalue weighted by atomic mass is 10.3. The monoisotopic (exact) mass is 230 g/mol. The third-order valence-corrected chi connectivity index (χ3v) is 2.36. The number of rotatable bonds is 9. The molecule has 0 fully saturated rings. The fraction of sp³-hybridized carbons (Fsp3) is 0.917. The van der Waals surface area contributed by atoms with Crippen LogP contribution in [0, 0.1) is 0 Å². The van der Waals surface area contributed by atoms with Crippen molar-refractivity contribution >= 4 is 5.91 Å². The summed E-state index contributed by atoms with van der Waals surface area (Å²) in [5.41, 5.74) is 0. The summed E-state index contributed by atoms with van der Waals surface area (Å²) in [4.78, 5) is 13.5. The van der Waals surface area contributed by atoms with Crippen molar-refractivity contribution in [3.8, 4) is 0 Å². The van der Waals surface area contributed by atoms with Gasteiger partial charge < -0.3 is 15.0 Å². The normalized spacial score (nSPS) is 10.8. The van der Waals surface area contributed by atoms with Crippen LogP contribution in [0.1, 0.15) is 34.1 Å². The molecular formula is C12H26N2O2. The van der Waals surface area contributed by atoms with Gasteiger partial charge in [-0.1, -0.05) is 0 Å². The van der Waals surface area contributed by atoms with Gasteiger partial charge in [-0.2, -0.15) is 0 Å². The zero-order chi connectivity index (χ0) is 12.4. The van der Waals surface area contributed by atoms with Gasteiger partial charge in [-0.15, -0.1) is 0 Å².